The van der Waals surface area contributed by atoms with Crippen LogP contribution >= 0.6 is 11.8 Å². The molecule has 1 heterocycles. The number of rotatable bonds is 4. The average Bonchev–Trinajstić information content (AvgIpc) is 2.85. The highest BCUT2D eigenvalue weighted by Crippen LogP contribution is 2.38. The van der Waals surface area contributed by atoms with Crippen LogP contribution in [0.5, 0.6) is 0 Å². The first-order chi connectivity index (χ1) is 10.2. The predicted molar refractivity (Wildman–Crippen MR) is 92.1 cm³/mol. The zero-order chi connectivity index (χ0) is 14.8. The van der Waals surface area contributed by atoms with Gasteiger partial charge in [-0.3, -0.25) is 0 Å². The number of para-hydroxylation sites is 1. The average molecular weight is 298 g/mol. The number of thioether (sulfide) groups is 1. The van der Waals surface area contributed by atoms with Gasteiger partial charge in [0.1, 0.15) is 0 Å². The lowest BCUT2D eigenvalue weighted by molar-refractivity contribution is 0.569. The van der Waals surface area contributed by atoms with Gasteiger partial charge in [0.25, 0.3) is 0 Å². The van der Waals surface area contributed by atoms with Gasteiger partial charge in [0.15, 0.2) is 0 Å². The summed E-state index contributed by atoms with van der Waals surface area (Å²) in [5, 5.41) is 0. The summed E-state index contributed by atoms with van der Waals surface area (Å²) in [6.07, 6.45) is 3.21. The number of fused-ring (bicyclic) bond motifs is 1. The fraction of sp³-hybridized carbons (Fsp3) is 0.333. The van der Waals surface area contributed by atoms with Crippen molar-refractivity contribution >= 4 is 17.4 Å². The Morgan fingerprint density at radius 2 is 1.90 bits per heavy atom. The highest BCUT2D eigenvalue weighted by Gasteiger charge is 2.31. The van der Waals surface area contributed by atoms with E-state index in [4.69, 9.17) is 5.73 Å². The molecule has 1 aliphatic rings. The van der Waals surface area contributed by atoms with Crippen molar-refractivity contribution in [2.24, 2.45) is 5.73 Å². The van der Waals surface area contributed by atoms with Crippen LogP contribution in [0.15, 0.2) is 53.4 Å². The molecule has 0 aliphatic carbocycles. The van der Waals surface area contributed by atoms with E-state index < -0.39 is 0 Å². The van der Waals surface area contributed by atoms with E-state index in [-0.39, 0.29) is 6.04 Å². The summed E-state index contributed by atoms with van der Waals surface area (Å²) in [5.41, 5.74) is 10.2. The molecule has 2 unspecified atom stereocenters. The maximum Gasteiger partial charge on any atom is 0.0668 e. The Balaban J connectivity index is 1.95. The van der Waals surface area contributed by atoms with Gasteiger partial charge in [0.2, 0.25) is 0 Å². The Morgan fingerprint density at radius 3 is 2.57 bits per heavy atom. The van der Waals surface area contributed by atoms with Crippen LogP contribution in [-0.4, -0.2) is 18.8 Å². The van der Waals surface area contributed by atoms with Gasteiger partial charge >= 0.3 is 0 Å². The normalized spacial score (nSPS) is 18.6. The molecule has 0 saturated heterocycles. The number of nitrogens with two attached hydrogens (primary N) is 1. The van der Waals surface area contributed by atoms with Crippen LogP contribution in [0.25, 0.3) is 0 Å². The molecule has 2 N–H and O–H groups in total. The van der Waals surface area contributed by atoms with Crippen molar-refractivity contribution in [3.8, 4) is 0 Å². The molecule has 3 heteroatoms. The van der Waals surface area contributed by atoms with Gasteiger partial charge in [-0.05, 0) is 48.9 Å². The smallest absolute Gasteiger partial charge is 0.0668 e. The summed E-state index contributed by atoms with van der Waals surface area (Å²) in [5.74, 6) is 0. The largest absolute Gasteiger partial charge is 0.360 e. The second-order valence-corrected chi connectivity index (χ2v) is 6.49. The third-order valence-corrected chi connectivity index (χ3v) is 5.06. The molecule has 2 atom stereocenters. The number of nitrogens with zero attached hydrogens (tertiary/aromatic N) is 1. The van der Waals surface area contributed by atoms with Gasteiger partial charge in [-0.1, -0.05) is 30.3 Å². The first-order valence-electron chi connectivity index (χ1n) is 7.45. The molecule has 2 nitrogen and oxygen atoms in total. The van der Waals surface area contributed by atoms with E-state index in [1.54, 1.807) is 11.8 Å². The van der Waals surface area contributed by atoms with Crippen LogP contribution in [-0.2, 0) is 6.42 Å². The van der Waals surface area contributed by atoms with Crippen LogP contribution < -0.4 is 10.6 Å². The Hall–Kier alpha value is -1.45. The molecule has 0 aromatic heterocycles. The Morgan fingerprint density at radius 1 is 1.19 bits per heavy atom. The van der Waals surface area contributed by atoms with E-state index in [1.165, 1.54) is 21.7 Å². The van der Waals surface area contributed by atoms with Crippen molar-refractivity contribution < 1.29 is 0 Å². The van der Waals surface area contributed by atoms with Crippen LogP contribution in [0.2, 0.25) is 0 Å². The van der Waals surface area contributed by atoms with E-state index in [9.17, 15) is 0 Å². The maximum absolute atomic E-state index is 6.13. The third kappa shape index (κ3) is 2.68. The molecule has 2 aromatic rings. The van der Waals surface area contributed by atoms with E-state index in [0.29, 0.717) is 12.6 Å². The maximum atomic E-state index is 6.13. The Labute approximate surface area is 131 Å². The first-order valence-corrected chi connectivity index (χ1v) is 8.67. The molecule has 0 amide bonds. The van der Waals surface area contributed by atoms with Crippen molar-refractivity contribution in [2.45, 2.75) is 30.3 Å². The van der Waals surface area contributed by atoms with Gasteiger partial charge in [-0.15, -0.1) is 11.8 Å². The zero-order valence-electron chi connectivity index (χ0n) is 12.6. The van der Waals surface area contributed by atoms with Crippen molar-refractivity contribution in [1.82, 2.24) is 0 Å². The fourth-order valence-corrected chi connectivity index (χ4v) is 3.71. The van der Waals surface area contributed by atoms with Crippen LogP contribution in [0.3, 0.4) is 0 Å². The topological polar surface area (TPSA) is 29.3 Å². The molecule has 21 heavy (non-hydrogen) atoms. The molecule has 0 fully saturated rings. The SMILES string of the molecule is CSc1ccc(C(CN)N2c3ccccc3CC2C)cc1. The van der Waals surface area contributed by atoms with E-state index in [1.807, 2.05) is 0 Å². The van der Waals surface area contributed by atoms with E-state index >= 15 is 0 Å². The van der Waals surface area contributed by atoms with Gasteiger partial charge in [0, 0.05) is 23.2 Å². The zero-order valence-corrected chi connectivity index (χ0v) is 13.4. The molecular formula is C18H22N2S. The highest BCUT2D eigenvalue weighted by atomic mass is 32.2. The minimum atomic E-state index is 0.250. The summed E-state index contributed by atoms with van der Waals surface area (Å²) in [6, 6.07) is 18.3. The van der Waals surface area contributed by atoms with Crippen molar-refractivity contribution in [2.75, 3.05) is 17.7 Å². The molecule has 2 aromatic carbocycles. The molecule has 3 rings (SSSR count). The number of hydrogen-bond acceptors (Lipinski definition) is 3. The number of anilines is 1. The summed E-state index contributed by atoms with van der Waals surface area (Å²) in [6.45, 7) is 2.93. The third-order valence-electron chi connectivity index (χ3n) is 4.32. The van der Waals surface area contributed by atoms with Crippen LogP contribution in [0, 0.1) is 0 Å². The van der Waals surface area contributed by atoms with Gasteiger partial charge < -0.3 is 10.6 Å². The fourth-order valence-electron chi connectivity index (χ4n) is 3.30. The first kappa shape index (κ1) is 14.5. The predicted octanol–water partition coefficient (Wildman–Crippen LogP) is 3.86. The van der Waals surface area contributed by atoms with Gasteiger partial charge in [-0.25, -0.2) is 0 Å². The Kier molecular flexibility index (Phi) is 4.22. The number of benzene rings is 2. The number of hydrogen-bond donors (Lipinski definition) is 1. The summed E-state index contributed by atoms with van der Waals surface area (Å²) >= 11 is 1.77. The van der Waals surface area contributed by atoms with Gasteiger partial charge in [0.05, 0.1) is 6.04 Å². The van der Waals surface area contributed by atoms with Crippen molar-refractivity contribution in [3.63, 3.8) is 0 Å². The lowest BCUT2D eigenvalue weighted by Crippen LogP contribution is -2.37. The summed E-state index contributed by atoms with van der Waals surface area (Å²) < 4.78 is 0. The molecular weight excluding hydrogens is 276 g/mol. The Bertz CT molecular complexity index is 609. The molecule has 1 aliphatic heterocycles. The van der Waals surface area contributed by atoms with Gasteiger partial charge in [-0.2, -0.15) is 0 Å². The van der Waals surface area contributed by atoms with Crippen LogP contribution in [0.1, 0.15) is 24.1 Å². The minimum Gasteiger partial charge on any atom is -0.360 e. The van der Waals surface area contributed by atoms with E-state index in [2.05, 4.69) is 66.6 Å². The minimum absolute atomic E-state index is 0.250. The molecule has 0 spiro atoms. The lowest BCUT2D eigenvalue weighted by Gasteiger charge is -2.34. The lowest BCUT2D eigenvalue weighted by atomic mass is 10.0. The second kappa shape index (κ2) is 6.12. The molecule has 0 bridgehead atoms. The quantitative estimate of drug-likeness (QED) is 0.869. The van der Waals surface area contributed by atoms with E-state index in [0.717, 1.165) is 6.42 Å². The summed E-state index contributed by atoms with van der Waals surface area (Å²) in [4.78, 5) is 3.79. The summed E-state index contributed by atoms with van der Waals surface area (Å²) in [7, 11) is 0. The molecule has 0 radical (unpaired) electrons. The van der Waals surface area contributed by atoms with Crippen LogP contribution in [0.4, 0.5) is 5.69 Å². The van der Waals surface area contributed by atoms with Crippen molar-refractivity contribution in [1.29, 1.82) is 0 Å². The second-order valence-electron chi connectivity index (χ2n) is 5.61. The van der Waals surface area contributed by atoms with Crippen molar-refractivity contribution in [3.05, 3.63) is 59.7 Å². The standard InChI is InChI=1S/C18H22N2S/c1-13-11-15-5-3-4-6-17(15)20(13)18(12-19)14-7-9-16(21-2)10-8-14/h3-10,13,18H,11-12,19H2,1-2H3. The monoisotopic (exact) mass is 298 g/mol. The highest BCUT2D eigenvalue weighted by molar-refractivity contribution is 7.98. The molecule has 0 saturated carbocycles. The molecule has 110 valence electrons.